The monoisotopic (exact) mass is 313 g/mol. The number of alkyl halides is 3. The lowest BCUT2D eigenvalue weighted by molar-refractivity contribution is -0.137. The van der Waals surface area contributed by atoms with Crippen molar-refractivity contribution in [2.24, 2.45) is 11.7 Å². The Morgan fingerprint density at radius 2 is 2.09 bits per heavy atom. The molecule has 2 aromatic heterocycles. The molecule has 0 spiro atoms. The summed E-state index contributed by atoms with van der Waals surface area (Å²) < 4.78 is 39.8. The van der Waals surface area contributed by atoms with Gasteiger partial charge in [-0.3, -0.25) is 9.20 Å². The van der Waals surface area contributed by atoms with Gasteiger partial charge in [0, 0.05) is 19.3 Å². The van der Waals surface area contributed by atoms with Gasteiger partial charge < -0.3 is 10.6 Å². The molecular weight excluding hydrogens is 299 g/mol. The highest BCUT2D eigenvalue weighted by atomic mass is 19.4. The Bertz CT molecular complexity index is 711. The van der Waals surface area contributed by atoms with Crippen LogP contribution in [0.15, 0.2) is 18.3 Å². The summed E-state index contributed by atoms with van der Waals surface area (Å²) in [5, 5.41) is 7.83. The SMILES string of the molecule is NC(=O)C1CCCN(c2nnc3ccc(C(F)(F)F)cn23)C1. The number of nitrogens with zero attached hydrogens (tertiary/aromatic N) is 4. The molecular formula is C13H14F3N5O. The Hall–Kier alpha value is -2.32. The van der Waals surface area contributed by atoms with E-state index in [9.17, 15) is 18.0 Å². The summed E-state index contributed by atoms with van der Waals surface area (Å²) in [5.41, 5.74) is 4.87. The van der Waals surface area contributed by atoms with Crippen LogP contribution in [0.1, 0.15) is 18.4 Å². The van der Waals surface area contributed by atoms with Crippen LogP contribution in [-0.2, 0) is 11.0 Å². The van der Waals surface area contributed by atoms with Crippen LogP contribution in [0.4, 0.5) is 19.1 Å². The molecule has 0 saturated carbocycles. The molecule has 6 nitrogen and oxygen atoms in total. The fourth-order valence-corrected chi connectivity index (χ4v) is 2.65. The molecule has 1 aliphatic rings. The smallest absolute Gasteiger partial charge is 0.369 e. The van der Waals surface area contributed by atoms with Crippen molar-refractivity contribution in [2.75, 3.05) is 18.0 Å². The van der Waals surface area contributed by atoms with Crippen LogP contribution < -0.4 is 10.6 Å². The minimum absolute atomic E-state index is 0.298. The fourth-order valence-electron chi connectivity index (χ4n) is 2.65. The number of carbonyl (C=O) groups is 1. The summed E-state index contributed by atoms with van der Waals surface area (Å²) in [7, 11) is 0. The summed E-state index contributed by atoms with van der Waals surface area (Å²) in [4.78, 5) is 13.1. The minimum atomic E-state index is -4.44. The molecule has 1 unspecified atom stereocenters. The highest BCUT2D eigenvalue weighted by Crippen LogP contribution is 2.30. The van der Waals surface area contributed by atoms with E-state index in [0.717, 1.165) is 18.7 Å². The minimum Gasteiger partial charge on any atom is -0.369 e. The Balaban J connectivity index is 1.98. The lowest BCUT2D eigenvalue weighted by Crippen LogP contribution is -2.42. The van der Waals surface area contributed by atoms with Crippen molar-refractivity contribution in [1.29, 1.82) is 0 Å². The molecule has 0 radical (unpaired) electrons. The molecule has 2 aromatic rings. The van der Waals surface area contributed by atoms with Gasteiger partial charge in [-0.25, -0.2) is 0 Å². The number of nitrogens with two attached hydrogens (primary N) is 1. The van der Waals surface area contributed by atoms with Crippen LogP contribution in [-0.4, -0.2) is 33.6 Å². The molecule has 0 bridgehead atoms. The van der Waals surface area contributed by atoms with Crippen LogP contribution >= 0.6 is 0 Å². The van der Waals surface area contributed by atoms with Crippen molar-refractivity contribution in [3.05, 3.63) is 23.9 Å². The predicted octanol–water partition coefficient (Wildman–Crippen LogP) is 1.45. The summed E-state index contributed by atoms with van der Waals surface area (Å²) in [6.07, 6.45) is -2.07. The van der Waals surface area contributed by atoms with E-state index in [4.69, 9.17) is 5.73 Å². The van der Waals surface area contributed by atoms with Crippen molar-refractivity contribution in [3.63, 3.8) is 0 Å². The maximum atomic E-state index is 12.8. The van der Waals surface area contributed by atoms with Crippen LogP contribution in [0.5, 0.6) is 0 Å². The van der Waals surface area contributed by atoms with Crippen LogP contribution in [0.3, 0.4) is 0 Å². The summed E-state index contributed by atoms with van der Waals surface area (Å²) >= 11 is 0. The summed E-state index contributed by atoms with van der Waals surface area (Å²) in [5.74, 6) is -0.437. The average Bonchev–Trinajstić information content (AvgIpc) is 2.89. The van der Waals surface area contributed by atoms with E-state index in [0.29, 0.717) is 31.1 Å². The van der Waals surface area contributed by atoms with Crippen molar-refractivity contribution < 1.29 is 18.0 Å². The second-order valence-electron chi connectivity index (χ2n) is 5.33. The van der Waals surface area contributed by atoms with Crippen LogP contribution in [0.25, 0.3) is 5.65 Å². The molecule has 1 atom stereocenters. The van der Waals surface area contributed by atoms with Crippen molar-refractivity contribution in [3.8, 4) is 0 Å². The van der Waals surface area contributed by atoms with E-state index in [1.807, 2.05) is 0 Å². The number of hydrogen-bond acceptors (Lipinski definition) is 4. The second-order valence-corrected chi connectivity index (χ2v) is 5.33. The number of hydrogen-bond donors (Lipinski definition) is 1. The van der Waals surface area contributed by atoms with Gasteiger partial charge in [0.2, 0.25) is 11.9 Å². The molecule has 2 N–H and O–H groups in total. The number of fused-ring (bicyclic) bond motifs is 1. The van der Waals surface area contributed by atoms with Crippen molar-refractivity contribution in [2.45, 2.75) is 19.0 Å². The molecule has 22 heavy (non-hydrogen) atoms. The number of aromatic nitrogens is 3. The van der Waals surface area contributed by atoms with Gasteiger partial charge in [-0.05, 0) is 25.0 Å². The zero-order valence-corrected chi connectivity index (χ0v) is 11.5. The lowest BCUT2D eigenvalue weighted by atomic mass is 9.98. The Morgan fingerprint density at radius 3 is 2.77 bits per heavy atom. The summed E-state index contributed by atoms with van der Waals surface area (Å²) in [6.45, 7) is 0.938. The van der Waals surface area contributed by atoms with Gasteiger partial charge >= 0.3 is 6.18 Å². The highest BCUT2D eigenvalue weighted by Gasteiger charge is 2.32. The third-order valence-corrected chi connectivity index (χ3v) is 3.82. The molecule has 3 rings (SSSR count). The first-order valence-corrected chi connectivity index (χ1v) is 6.82. The van der Waals surface area contributed by atoms with Crippen molar-refractivity contribution >= 4 is 17.5 Å². The third kappa shape index (κ3) is 2.58. The normalized spacial score (nSPS) is 19.6. The number of carbonyl (C=O) groups excluding carboxylic acids is 1. The number of rotatable bonds is 2. The van der Waals surface area contributed by atoms with Crippen molar-refractivity contribution in [1.82, 2.24) is 14.6 Å². The maximum absolute atomic E-state index is 12.8. The van der Waals surface area contributed by atoms with Gasteiger partial charge in [0.15, 0.2) is 5.65 Å². The first-order chi connectivity index (χ1) is 10.4. The van der Waals surface area contributed by atoms with Gasteiger partial charge in [0.25, 0.3) is 0 Å². The molecule has 0 aromatic carbocycles. The number of anilines is 1. The molecule has 3 heterocycles. The Morgan fingerprint density at radius 1 is 1.32 bits per heavy atom. The topological polar surface area (TPSA) is 76.5 Å². The van der Waals surface area contributed by atoms with E-state index < -0.39 is 17.6 Å². The van der Waals surface area contributed by atoms with Gasteiger partial charge in [0.05, 0.1) is 11.5 Å². The Kier molecular flexibility index (Phi) is 3.42. The van der Waals surface area contributed by atoms with E-state index in [1.165, 1.54) is 10.5 Å². The number of primary amides is 1. The molecule has 1 aliphatic heterocycles. The van der Waals surface area contributed by atoms with Gasteiger partial charge in [-0.1, -0.05) is 0 Å². The van der Waals surface area contributed by atoms with Gasteiger partial charge in [-0.2, -0.15) is 13.2 Å². The molecule has 1 saturated heterocycles. The zero-order chi connectivity index (χ0) is 15.9. The number of amides is 1. The number of piperidine rings is 1. The quantitative estimate of drug-likeness (QED) is 0.910. The van der Waals surface area contributed by atoms with Gasteiger partial charge in [-0.15, -0.1) is 10.2 Å². The number of pyridine rings is 1. The van der Waals surface area contributed by atoms with Gasteiger partial charge in [0.1, 0.15) is 0 Å². The maximum Gasteiger partial charge on any atom is 0.417 e. The molecule has 1 fully saturated rings. The van der Waals surface area contributed by atoms with Crippen LogP contribution in [0, 0.1) is 5.92 Å². The van der Waals surface area contributed by atoms with E-state index in [2.05, 4.69) is 10.2 Å². The van der Waals surface area contributed by atoms with Crippen LogP contribution in [0.2, 0.25) is 0 Å². The molecule has 9 heteroatoms. The molecule has 1 amide bonds. The standard InChI is InChI=1S/C13H14F3N5O/c14-13(15,16)9-3-4-10-18-19-12(21(10)7-9)20-5-1-2-8(6-20)11(17)22/h3-4,7-8H,1-2,5-6H2,(H2,17,22). The third-order valence-electron chi connectivity index (χ3n) is 3.82. The predicted molar refractivity (Wildman–Crippen MR) is 72.1 cm³/mol. The zero-order valence-electron chi connectivity index (χ0n) is 11.5. The molecule has 118 valence electrons. The molecule has 0 aliphatic carbocycles. The second kappa shape index (κ2) is 5.15. The average molecular weight is 313 g/mol. The fraction of sp³-hybridized carbons (Fsp3) is 0.462. The summed E-state index contributed by atoms with van der Waals surface area (Å²) in [6, 6.07) is 2.24. The largest absolute Gasteiger partial charge is 0.417 e. The number of halogens is 3. The Labute approximate surface area is 123 Å². The lowest BCUT2D eigenvalue weighted by Gasteiger charge is -2.31. The highest BCUT2D eigenvalue weighted by molar-refractivity contribution is 5.77. The first-order valence-electron chi connectivity index (χ1n) is 6.82. The van der Waals surface area contributed by atoms with E-state index >= 15 is 0 Å². The first kappa shape index (κ1) is 14.6. The van der Waals surface area contributed by atoms with E-state index in [-0.39, 0.29) is 5.92 Å². The van der Waals surface area contributed by atoms with E-state index in [1.54, 1.807) is 4.90 Å².